The summed E-state index contributed by atoms with van der Waals surface area (Å²) >= 11 is 0. The van der Waals surface area contributed by atoms with E-state index < -0.39 is 15.6 Å². The molecule has 0 radical (unpaired) electrons. The predicted octanol–water partition coefficient (Wildman–Crippen LogP) is 6.19. The van der Waals surface area contributed by atoms with Crippen molar-refractivity contribution in [1.29, 1.82) is 0 Å². The lowest BCUT2D eigenvalue weighted by Crippen LogP contribution is -2.47. The van der Waals surface area contributed by atoms with Crippen LogP contribution in [-0.4, -0.2) is 14.4 Å². The maximum absolute atomic E-state index is 14.7. The third-order valence-electron chi connectivity index (χ3n) is 7.00. The molecule has 0 saturated heterocycles. The van der Waals surface area contributed by atoms with Crippen molar-refractivity contribution in [2.45, 2.75) is 57.5 Å². The Morgan fingerprint density at radius 2 is 1.34 bits per heavy atom. The van der Waals surface area contributed by atoms with E-state index in [0.29, 0.717) is 0 Å². The molecule has 0 aliphatic heterocycles. The van der Waals surface area contributed by atoms with Crippen molar-refractivity contribution in [3.63, 3.8) is 0 Å². The van der Waals surface area contributed by atoms with Gasteiger partial charge < -0.3 is 4.43 Å². The minimum atomic E-state index is -3.09. The molecule has 0 heterocycles. The number of benzene rings is 3. The summed E-state index contributed by atoms with van der Waals surface area (Å²) in [6.45, 7) is 11.4. The fourth-order valence-corrected chi connectivity index (χ4v) is 7.95. The molecule has 32 heavy (non-hydrogen) atoms. The molecule has 0 aromatic heterocycles. The van der Waals surface area contributed by atoms with Gasteiger partial charge >= 0.3 is 0 Å². The van der Waals surface area contributed by atoms with Gasteiger partial charge in [-0.15, -0.1) is 0 Å². The molecule has 3 aromatic rings. The van der Waals surface area contributed by atoms with E-state index in [-0.39, 0.29) is 17.2 Å². The Balaban J connectivity index is 1.78. The second kappa shape index (κ2) is 8.76. The van der Waals surface area contributed by atoms with E-state index in [2.05, 4.69) is 63.2 Å². The van der Waals surface area contributed by atoms with Crippen LogP contribution < -0.4 is 15.7 Å². The standard InChI is InChI=1S/C27H34NO2PSi/c1-27(2,3)32(4,5)30-25-20-21-14-12-13-19-24(21)26(25)28-31(29,22-15-8-6-9-16-22)23-17-10-7-11-18-23/h6-19,25-26H,20H2,1-5H3,(H,28,29). The van der Waals surface area contributed by atoms with Crippen LogP contribution in [0.5, 0.6) is 0 Å². The molecule has 0 amide bonds. The van der Waals surface area contributed by atoms with Gasteiger partial charge in [-0.2, -0.15) is 0 Å². The summed E-state index contributed by atoms with van der Waals surface area (Å²) in [5, 5.41) is 5.41. The average molecular weight is 464 g/mol. The van der Waals surface area contributed by atoms with E-state index in [1.807, 2.05) is 60.7 Å². The van der Waals surface area contributed by atoms with Gasteiger partial charge in [-0.1, -0.05) is 81.4 Å². The zero-order chi connectivity index (χ0) is 23.0. The minimum Gasteiger partial charge on any atom is -0.412 e. The zero-order valence-corrected chi connectivity index (χ0v) is 21.6. The van der Waals surface area contributed by atoms with Crippen molar-refractivity contribution in [2.24, 2.45) is 0 Å². The van der Waals surface area contributed by atoms with Gasteiger partial charge in [0, 0.05) is 10.6 Å². The number of hydrogen-bond donors (Lipinski definition) is 1. The number of rotatable bonds is 6. The molecule has 3 aromatic carbocycles. The first kappa shape index (κ1) is 23.2. The lowest BCUT2D eigenvalue weighted by atomic mass is 10.1. The maximum Gasteiger partial charge on any atom is 0.205 e. The SMILES string of the molecule is CC(C)(C)[Si](C)(C)OC1Cc2ccccc2C1NP(=O)(c1ccccc1)c1ccccc1. The molecule has 2 unspecified atom stereocenters. The summed E-state index contributed by atoms with van der Waals surface area (Å²) in [5.41, 5.74) is 2.48. The number of nitrogens with one attached hydrogen (secondary N) is 1. The van der Waals surface area contributed by atoms with Crippen LogP contribution in [0.2, 0.25) is 18.1 Å². The largest absolute Gasteiger partial charge is 0.412 e. The Hall–Kier alpha value is -1.97. The van der Waals surface area contributed by atoms with Crippen molar-refractivity contribution in [2.75, 3.05) is 0 Å². The van der Waals surface area contributed by atoms with E-state index in [4.69, 9.17) is 4.43 Å². The molecule has 0 saturated carbocycles. The maximum atomic E-state index is 14.7. The van der Waals surface area contributed by atoms with E-state index >= 15 is 0 Å². The Bertz CT molecular complexity index is 1070. The molecule has 168 valence electrons. The van der Waals surface area contributed by atoms with Crippen LogP contribution in [-0.2, 0) is 15.4 Å². The number of hydrogen-bond acceptors (Lipinski definition) is 2. The van der Waals surface area contributed by atoms with Crippen LogP contribution in [0.3, 0.4) is 0 Å². The van der Waals surface area contributed by atoms with Crippen molar-refractivity contribution < 1.29 is 8.99 Å². The highest BCUT2D eigenvalue weighted by Gasteiger charge is 2.45. The van der Waals surface area contributed by atoms with Gasteiger partial charge in [0.05, 0.1) is 12.1 Å². The first-order valence-corrected chi connectivity index (χ1v) is 16.0. The normalized spacial score (nSPS) is 19.0. The molecule has 3 nitrogen and oxygen atoms in total. The fourth-order valence-electron chi connectivity index (χ4n) is 4.15. The summed E-state index contributed by atoms with van der Waals surface area (Å²) in [6.07, 6.45) is 0.790. The number of fused-ring (bicyclic) bond motifs is 1. The van der Waals surface area contributed by atoms with Gasteiger partial charge in [-0.3, -0.25) is 4.57 Å². The molecule has 5 heteroatoms. The molecule has 1 aliphatic carbocycles. The van der Waals surface area contributed by atoms with Crippen LogP contribution in [0.25, 0.3) is 0 Å². The first-order chi connectivity index (χ1) is 15.1. The second-order valence-corrected chi connectivity index (χ2v) is 17.5. The Kier molecular flexibility index (Phi) is 6.35. The van der Waals surface area contributed by atoms with E-state index in [1.165, 1.54) is 11.1 Å². The fraction of sp³-hybridized carbons (Fsp3) is 0.333. The van der Waals surface area contributed by atoms with Gasteiger partial charge in [0.1, 0.15) is 0 Å². The highest BCUT2D eigenvalue weighted by atomic mass is 31.2. The van der Waals surface area contributed by atoms with Crippen LogP contribution in [0.4, 0.5) is 0 Å². The monoisotopic (exact) mass is 463 g/mol. The molecule has 2 atom stereocenters. The van der Waals surface area contributed by atoms with Crippen molar-refractivity contribution in [1.82, 2.24) is 5.09 Å². The summed E-state index contributed by atoms with van der Waals surface area (Å²) in [4.78, 5) is 0. The third-order valence-corrected chi connectivity index (χ3v) is 14.2. The minimum absolute atomic E-state index is 0.0472. The average Bonchev–Trinajstić information content (AvgIpc) is 3.10. The summed E-state index contributed by atoms with van der Waals surface area (Å²) in [6, 6.07) is 28.0. The van der Waals surface area contributed by atoms with Gasteiger partial charge in [0.15, 0.2) is 8.32 Å². The third kappa shape index (κ3) is 4.42. The van der Waals surface area contributed by atoms with E-state index in [0.717, 1.165) is 17.0 Å². The van der Waals surface area contributed by atoms with Crippen LogP contribution in [0, 0.1) is 0 Å². The highest BCUT2D eigenvalue weighted by molar-refractivity contribution is 7.76. The lowest BCUT2D eigenvalue weighted by Gasteiger charge is -2.40. The molecule has 0 fully saturated rings. The summed E-state index contributed by atoms with van der Waals surface area (Å²) in [5.74, 6) is 0. The zero-order valence-electron chi connectivity index (χ0n) is 19.7. The van der Waals surface area contributed by atoms with Gasteiger partial charge in [-0.05, 0) is 59.9 Å². The van der Waals surface area contributed by atoms with Crippen LogP contribution in [0.1, 0.15) is 37.9 Å². The Morgan fingerprint density at radius 3 is 1.88 bits per heavy atom. The predicted molar refractivity (Wildman–Crippen MR) is 138 cm³/mol. The Morgan fingerprint density at radius 1 is 0.844 bits per heavy atom. The Labute approximate surface area is 193 Å². The van der Waals surface area contributed by atoms with Gasteiger partial charge in [0.2, 0.25) is 7.29 Å². The van der Waals surface area contributed by atoms with Crippen molar-refractivity contribution in [3.05, 3.63) is 96.1 Å². The van der Waals surface area contributed by atoms with E-state index in [9.17, 15) is 4.57 Å². The van der Waals surface area contributed by atoms with Crippen molar-refractivity contribution >= 4 is 26.2 Å². The molecular formula is C27H34NO2PSi. The lowest BCUT2D eigenvalue weighted by molar-refractivity contribution is 0.158. The molecule has 4 rings (SSSR count). The highest BCUT2D eigenvalue weighted by Crippen LogP contribution is 2.47. The van der Waals surface area contributed by atoms with Crippen molar-refractivity contribution in [3.8, 4) is 0 Å². The molecule has 1 N–H and O–H groups in total. The molecule has 0 bridgehead atoms. The quantitative estimate of drug-likeness (QED) is 0.350. The molecule has 0 spiro atoms. The topological polar surface area (TPSA) is 38.3 Å². The molecule has 1 aliphatic rings. The van der Waals surface area contributed by atoms with Crippen LogP contribution >= 0.6 is 7.29 Å². The second-order valence-electron chi connectivity index (χ2n) is 10.2. The smallest absolute Gasteiger partial charge is 0.205 e. The van der Waals surface area contributed by atoms with Gasteiger partial charge in [0.25, 0.3) is 0 Å². The first-order valence-electron chi connectivity index (χ1n) is 11.4. The summed E-state index contributed by atoms with van der Waals surface area (Å²) in [7, 11) is -5.10. The van der Waals surface area contributed by atoms with Gasteiger partial charge in [-0.25, -0.2) is 5.09 Å². The van der Waals surface area contributed by atoms with E-state index in [1.54, 1.807) is 0 Å². The molecular weight excluding hydrogens is 429 g/mol. The summed E-state index contributed by atoms with van der Waals surface area (Å²) < 4.78 is 21.7. The van der Waals surface area contributed by atoms with Crippen LogP contribution in [0.15, 0.2) is 84.9 Å².